The van der Waals surface area contributed by atoms with Crippen LogP contribution in [0.4, 0.5) is 0 Å². The van der Waals surface area contributed by atoms with Gasteiger partial charge in [-0.2, -0.15) is 0 Å². The number of pyridine rings is 1. The Morgan fingerprint density at radius 3 is 2.64 bits per heavy atom. The Bertz CT molecular complexity index is 1220. The molecule has 4 rings (SSSR count). The van der Waals surface area contributed by atoms with Crippen molar-refractivity contribution in [2.24, 2.45) is 0 Å². The third kappa shape index (κ3) is 5.77. The summed E-state index contributed by atoms with van der Waals surface area (Å²) in [6.07, 6.45) is 5.86. The minimum Gasteiger partial charge on any atom is -0.494 e. The molecule has 170 valence electrons. The Kier molecular flexibility index (Phi) is 7.35. The molecule has 0 aliphatic heterocycles. The molecule has 0 aliphatic rings. The number of hydrogen-bond acceptors (Lipinski definition) is 4. The van der Waals surface area contributed by atoms with Crippen LogP contribution in [-0.2, 0) is 13.0 Å². The van der Waals surface area contributed by atoms with Crippen LogP contribution >= 0.6 is 0 Å². The smallest absolute Gasteiger partial charge is 0.251 e. The summed E-state index contributed by atoms with van der Waals surface area (Å²) in [7, 11) is 0. The number of aryl methyl sites for hydroxylation is 3. The lowest BCUT2D eigenvalue weighted by Crippen LogP contribution is -2.26. The van der Waals surface area contributed by atoms with Gasteiger partial charge in [0, 0.05) is 37.5 Å². The molecular formula is C27H30N4O2. The molecule has 2 aromatic carbocycles. The minimum atomic E-state index is -0.0939. The molecule has 0 bridgehead atoms. The number of para-hydroxylation sites is 2. The van der Waals surface area contributed by atoms with Crippen molar-refractivity contribution in [3.05, 3.63) is 89.5 Å². The molecule has 0 aliphatic carbocycles. The zero-order chi connectivity index (χ0) is 23.0. The van der Waals surface area contributed by atoms with Crippen molar-refractivity contribution in [2.75, 3.05) is 13.2 Å². The van der Waals surface area contributed by atoms with Crippen molar-refractivity contribution in [1.82, 2.24) is 19.9 Å². The third-order valence-corrected chi connectivity index (χ3v) is 5.83. The SMILES string of the molecule is Cc1ccc(OCCCCn2c(CCNC(=O)c3ccncc3)nc3ccccc32)cc1C. The van der Waals surface area contributed by atoms with E-state index in [-0.39, 0.29) is 5.91 Å². The van der Waals surface area contributed by atoms with Crippen molar-refractivity contribution in [3.8, 4) is 5.75 Å². The normalized spacial score (nSPS) is 11.0. The fourth-order valence-corrected chi connectivity index (χ4v) is 3.82. The van der Waals surface area contributed by atoms with E-state index in [1.807, 2.05) is 24.3 Å². The molecule has 1 amide bonds. The average Bonchev–Trinajstić information content (AvgIpc) is 3.19. The van der Waals surface area contributed by atoms with Gasteiger partial charge >= 0.3 is 0 Å². The Morgan fingerprint density at radius 1 is 1.00 bits per heavy atom. The lowest BCUT2D eigenvalue weighted by Gasteiger charge is -2.11. The molecular weight excluding hydrogens is 412 g/mol. The highest BCUT2D eigenvalue weighted by Crippen LogP contribution is 2.19. The standard InChI is InChI=1S/C27H30N4O2/c1-20-9-10-23(19-21(20)2)33-18-6-5-17-31-25-8-4-3-7-24(25)30-26(31)13-16-29-27(32)22-11-14-28-15-12-22/h3-4,7-12,14-15,19H,5-6,13,16-18H2,1-2H3,(H,29,32). The highest BCUT2D eigenvalue weighted by Gasteiger charge is 2.11. The molecule has 2 aromatic heterocycles. The number of benzene rings is 2. The maximum Gasteiger partial charge on any atom is 0.251 e. The first-order valence-electron chi connectivity index (χ1n) is 11.4. The number of hydrogen-bond donors (Lipinski definition) is 1. The molecule has 1 N–H and O–H groups in total. The van der Waals surface area contributed by atoms with Crippen molar-refractivity contribution in [1.29, 1.82) is 0 Å². The molecule has 6 nitrogen and oxygen atoms in total. The number of carbonyl (C=O) groups is 1. The van der Waals surface area contributed by atoms with E-state index in [0.29, 0.717) is 25.1 Å². The monoisotopic (exact) mass is 442 g/mol. The first-order valence-corrected chi connectivity index (χ1v) is 11.4. The molecule has 0 saturated heterocycles. The van der Waals surface area contributed by atoms with Gasteiger partial charge in [-0.15, -0.1) is 0 Å². The van der Waals surface area contributed by atoms with Gasteiger partial charge in [0.05, 0.1) is 17.6 Å². The van der Waals surface area contributed by atoms with E-state index < -0.39 is 0 Å². The van der Waals surface area contributed by atoms with Crippen LogP contribution in [0.2, 0.25) is 0 Å². The number of nitrogens with zero attached hydrogens (tertiary/aromatic N) is 3. The number of carbonyl (C=O) groups excluding carboxylic acids is 1. The molecule has 33 heavy (non-hydrogen) atoms. The van der Waals surface area contributed by atoms with Crippen molar-refractivity contribution in [3.63, 3.8) is 0 Å². The summed E-state index contributed by atoms with van der Waals surface area (Å²) >= 11 is 0. The van der Waals surface area contributed by atoms with Gasteiger partial charge in [0.15, 0.2) is 0 Å². The van der Waals surface area contributed by atoms with Crippen LogP contribution in [0.5, 0.6) is 5.75 Å². The van der Waals surface area contributed by atoms with E-state index in [1.54, 1.807) is 24.5 Å². The number of rotatable bonds is 10. The fourth-order valence-electron chi connectivity index (χ4n) is 3.82. The molecule has 2 heterocycles. The molecule has 0 fully saturated rings. The lowest BCUT2D eigenvalue weighted by molar-refractivity contribution is 0.0954. The van der Waals surface area contributed by atoms with E-state index >= 15 is 0 Å². The second-order valence-corrected chi connectivity index (χ2v) is 8.21. The summed E-state index contributed by atoms with van der Waals surface area (Å²) in [5.74, 6) is 1.82. The summed E-state index contributed by atoms with van der Waals surface area (Å²) < 4.78 is 8.20. The first kappa shape index (κ1) is 22.5. The number of aromatic nitrogens is 3. The van der Waals surface area contributed by atoms with Gasteiger partial charge in [-0.3, -0.25) is 9.78 Å². The molecule has 4 aromatic rings. The van der Waals surface area contributed by atoms with Crippen LogP contribution in [0.3, 0.4) is 0 Å². The van der Waals surface area contributed by atoms with Gasteiger partial charge in [0.2, 0.25) is 0 Å². The van der Waals surface area contributed by atoms with Crippen molar-refractivity contribution in [2.45, 2.75) is 39.7 Å². The Labute approximate surface area is 194 Å². The second kappa shape index (κ2) is 10.8. The van der Waals surface area contributed by atoms with Crippen LogP contribution in [-0.4, -0.2) is 33.6 Å². The maximum absolute atomic E-state index is 12.3. The van der Waals surface area contributed by atoms with Crippen LogP contribution in [0.1, 0.15) is 40.2 Å². The predicted octanol–water partition coefficient (Wildman–Crippen LogP) is 4.88. The molecule has 0 atom stereocenters. The van der Waals surface area contributed by atoms with E-state index in [9.17, 15) is 4.79 Å². The summed E-state index contributed by atoms with van der Waals surface area (Å²) in [5, 5.41) is 2.98. The van der Waals surface area contributed by atoms with Gasteiger partial charge < -0.3 is 14.6 Å². The Morgan fingerprint density at radius 2 is 1.82 bits per heavy atom. The predicted molar refractivity (Wildman–Crippen MR) is 131 cm³/mol. The largest absolute Gasteiger partial charge is 0.494 e. The number of unbranched alkanes of at least 4 members (excludes halogenated alkanes) is 1. The Hall–Kier alpha value is -3.67. The second-order valence-electron chi connectivity index (χ2n) is 8.21. The van der Waals surface area contributed by atoms with Gasteiger partial charge in [0.25, 0.3) is 5.91 Å². The average molecular weight is 443 g/mol. The van der Waals surface area contributed by atoms with Gasteiger partial charge in [-0.25, -0.2) is 4.98 Å². The number of imidazole rings is 1. The van der Waals surface area contributed by atoms with Crippen LogP contribution in [0.15, 0.2) is 67.0 Å². The first-order chi connectivity index (χ1) is 16.1. The maximum atomic E-state index is 12.3. The van der Waals surface area contributed by atoms with Crippen molar-refractivity contribution >= 4 is 16.9 Å². The topological polar surface area (TPSA) is 69.0 Å². The number of nitrogens with one attached hydrogen (secondary N) is 1. The van der Waals surface area contributed by atoms with E-state index in [1.165, 1.54) is 11.1 Å². The highest BCUT2D eigenvalue weighted by atomic mass is 16.5. The minimum absolute atomic E-state index is 0.0939. The summed E-state index contributed by atoms with van der Waals surface area (Å²) in [6, 6.07) is 17.8. The zero-order valence-corrected chi connectivity index (χ0v) is 19.3. The molecule has 0 saturated carbocycles. The molecule has 6 heteroatoms. The van der Waals surface area contributed by atoms with Gasteiger partial charge in [0.1, 0.15) is 11.6 Å². The van der Waals surface area contributed by atoms with Crippen LogP contribution in [0, 0.1) is 13.8 Å². The summed E-state index contributed by atoms with van der Waals surface area (Å²) in [4.78, 5) is 21.1. The zero-order valence-electron chi connectivity index (χ0n) is 19.3. The highest BCUT2D eigenvalue weighted by molar-refractivity contribution is 5.93. The number of fused-ring (bicyclic) bond motifs is 1. The van der Waals surface area contributed by atoms with Crippen molar-refractivity contribution < 1.29 is 9.53 Å². The third-order valence-electron chi connectivity index (χ3n) is 5.83. The van der Waals surface area contributed by atoms with Crippen LogP contribution in [0.25, 0.3) is 11.0 Å². The van der Waals surface area contributed by atoms with Gasteiger partial charge in [-0.1, -0.05) is 18.2 Å². The van der Waals surface area contributed by atoms with E-state index in [2.05, 4.69) is 46.9 Å². The summed E-state index contributed by atoms with van der Waals surface area (Å²) in [6.45, 7) is 6.29. The Balaban J connectivity index is 1.32. The molecule has 0 spiro atoms. The number of ether oxygens (including phenoxy) is 1. The lowest BCUT2D eigenvalue weighted by atomic mass is 10.1. The summed E-state index contributed by atoms with van der Waals surface area (Å²) in [5.41, 5.74) is 5.25. The van der Waals surface area contributed by atoms with E-state index in [4.69, 9.17) is 9.72 Å². The number of amides is 1. The molecule has 0 unspecified atom stereocenters. The van der Waals surface area contributed by atoms with E-state index in [0.717, 1.165) is 42.0 Å². The quantitative estimate of drug-likeness (QED) is 0.356. The van der Waals surface area contributed by atoms with Gasteiger partial charge in [-0.05, 0) is 74.2 Å². The fraction of sp³-hybridized carbons (Fsp3) is 0.296. The van der Waals surface area contributed by atoms with Crippen LogP contribution < -0.4 is 10.1 Å². The molecule has 0 radical (unpaired) electrons.